The molecule has 124 valence electrons. The second-order valence-electron chi connectivity index (χ2n) is 5.81. The Hall–Kier alpha value is -1.99. The highest BCUT2D eigenvalue weighted by atomic mass is 32.1. The molecule has 4 rings (SSSR count). The molecule has 0 bridgehead atoms. The monoisotopic (exact) mass is 361 g/mol. The van der Waals surface area contributed by atoms with Crippen LogP contribution in [0.3, 0.4) is 0 Å². The van der Waals surface area contributed by atoms with E-state index in [2.05, 4.69) is 9.88 Å². The van der Waals surface area contributed by atoms with Crippen LogP contribution in [0.5, 0.6) is 0 Å². The van der Waals surface area contributed by atoms with Crippen molar-refractivity contribution in [3.05, 3.63) is 46.0 Å². The first-order valence-corrected chi connectivity index (χ1v) is 9.46. The minimum atomic E-state index is -0.272. The zero-order valence-electron chi connectivity index (χ0n) is 13.2. The maximum absolute atomic E-state index is 13.8. The predicted molar refractivity (Wildman–Crippen MR) is 96.8 cm³/mol. The number of carbonyl (C=O) groups excluding carboxylic acids is 1. The lowest BCUT2D eigenvalue weighted by Crippen LogP contribution is -2.48. The molecule has 0 unspecified atom stereocenters. The molecule has 1 aliphatic heterocycles. The van der Waals surface area contributed by atoms with E-state index in [0.29, 0.717) is 23.4 Å². The van der Waals surface area contributed by atoms with E-state index in [1.54, 1.807) is 23.5 Å². The Bertz CT molecular complexity index is 896. The fourth-order valence-corrected chi connectivity index (χ4v) is 4.77. The van der Waals surface area contributed by atoms with Gasteiger partial charge in [-0.25, -0.2) is 9.37 Å². The first-order valence-electron chi connectivity index (χ1n) is 7.76. The van der Waals surface area contributed by atoms with Gasteiger partial charge in [0.05, 0.1) is 10.6 Å². The van der Waals surface area contributed by atoms with Gasteiger partial charge in [0, 0.05) is 41.6 Å². The van der Waals surface area contributed by atoms with Crippen molar-refractivity contribution < 1.29 is 9.18 Å². The average molecular weight is 361 g/mol. The molecule has 0 spiro atoms. The number of aryl methyl sites for hydroxylation is 1. The number of piperazine rings is 1. The Morgan fingerprint density at radius 1 is 1.25 bits per heavy atom. The Morgan fingerprint density at radius 3 is 2.71 bits per heavy atom. The van der Waals surface area contributed by atoms with Gasteiger partial charge < -0.3 is 9.80 Å². The van der Waals surface area contributed by atoms with Gasteiger partial charge in [-0.2, -0.15) is 0 Å². The standard InChI is InChI=1S/C17H16FN3OS2/c1-11-10-23-17(19-11)21-7-5-20(6-8-21)16(22)15-9-12-13(18)3-2-4-14(12)24-15/h2-4,9-10H,5-8H2,1H3. The fraction of sp³-hybridized carbons (Fsp3) is 0.294. The number of hydrogen-bond donors (Lipinski definition) is 0. The van der Waals surface area contributed by atoms with Crippen molar-refractivity contribution in [3.63, 3.8) is 0 Å². The molecule has 3 heterocycles. The molecule has 1 aromatic carbocycles. The largest absolute Gasteiger partial charge is 0.345 e. The van der Waals surface area contributed by atoms with Crippen LogP contribution >= 0.6 is 22.7 Å². The normalized spacial score (nSPS) is 15.2. The van der Waals surface area contributed by atoms with Crippen molar-refractivity contribution in [1.82, 2.24) is 9.88 Å². The molecule has 0 saturated carbocycles. The molecule has 0 radical (unpaired) electrons. The van der Waals surface area contributed by atoms with Crippen LogP contribution < -0.4 is 4.90 Å². The number of fused-ring (bicyclic) bond motifs is 1. The summed E-state index contributed by atoms with van der Waals surface area (Å²) in [5.41, 5.74) is 1.03. The van der Waals surface area contributed by atoms with Gasteiger partial charge in [0.2, 0.25) is 0 Å². The third-order valence-electron chi connectivity index (χ3n) is 4.16. The van der Waals surface area contributed by atoms with Crippen LogP contribution in [0.4, 0.5) is 9.52 Å². The first kappa shape index (κ1) is 15.5. The molecular weight excluding hydrogens is 345 g/mol. The van der Waals surface area contributed by atoms with Crippen LogP contribution in [0.15, 0.2) is 29.6 Å². The molecule has 4 nitrogen and oxygen atoms in total. The van der Waals surface area contributed by atoms with Gasteiger partial charge in [-0.1, -0.05) is 6.07 Å². The summed E-state index contributed by atoms with van der Waals surface area (Å²) < 4.78 is 14.6. The number of nitrogens with zero attached hydrogens (tertiary/aromatic N) is 3. The highest BCUT2D eigenvalue weighted by molar-refractivity contribution is 7.20. The number of carbonyl (C=O) groups is 1. The van der Waals surface area contributed by atoms with Crippen molar-refractivity contribution in [3.8, 4) is 0 Å². The molecule has 3 aromatic rings. The van der Waals surface area contributed by atoms with E-state index in [4.69, 9.17) is 0 Å². The number of benzene rings is 1. The summed E-state index contributed by atoms with van der Waals surface area (Å²) in [5.74, 6) is -0.280. The van der Waals surface area contributed by atoms with Crippen molar-refractivity contribution in [1.29, 1.82) is 0 Å². The smallest absolute Gasteiger partial charge is 0.264 e. The van der Waals surface area contributed by atoms with Gasteiger partial charge in [0.25, 0.3) is 5.91 Å². The molecule has 1 fully saturated rings. The topological polar surface area (TPSA) is 36.4 Å². The minimum Gasteiger partial charge on any atom is -0.345 e. The zero-order chi connectivity index (χ0) is 16.7. The van der Waals surface area contributed by atoms with E-state index in [9.17, 15) is 9.18 Å². The Balaban J connectivity index is 1.48. The fourth-order valence-electron chi connectivity index (χ4n) is 2.87. The first-order chi connectivity index (χ1) is 11.6. The van der Waals surface area contributed by atoms with Crippen molar-refractivity contribution >= 4 is 43.8 Å². The molecule has 1 aliphatic rings. The van der Waals surface area contributed by atoms with Crippen LogP contribution in [0.2, 0.25) is 0 Å². The van der Waals surface area contributed by atoms with Crippen molar-refractivity contribution in [2.75, 3.05) is 31.1 Å². The van der Waals surface area contributed by atoms with Crippen LogP contribution in [0, 0.1) is 12.7 Å². The van der Waals surface area contributed by atoms with Gasteiger partial charge in [-0.3, -0.25) is 4.79 Å². The maximum atomic E-state index is 13.8. The Labute approximate surface area is 147 Å². The predicted octanol–water partition coefficient (Wildman–Crippen LogP) is 3.77. The van der Waals surface area contributed by atoms with Crippen LogP contribution in [-0.2, 0) is 0 Å². The summed E-state index contributed by atoms with van der Waals surface area (Å²) in [5, 5.41) is 3.59. The molecule has 1 saturated heterocycles. The Morgan fingerprint density at radius 2 is 2.04 bits per heavy atom. The average Bonchev–Trinajstić information content (AvgIpc) is 3.21. The lowest BCUT2D eigenvalue weighted by Gasteiger charge is -2.34. The van der Waals surface area contributed by atoms with Crippen molar-refractivity contribution in [2.24, 2.45) is 0 Å². The summed E-state index contributed by atoms with van der Waals surface area (Å²) in [6.07, 6.45) is 0. The number of thiophene rings is 1. The highest BCUT2D eigenvalue weighted by Crippen LogP contribution is 2.29. The second-order valence-corrected chi connectivity index (χ2v) is 7.73. The van der Waals surface area contributed by atoms with Gasteiger partial charge in [-0.05, 0) is 25.1 Å². The van der Waals surface area contributed by atoms with E-state index in [-0.39, 0.29) is 11.7 Å². The quantitative estimate of drug-likeness (QED) is 0.697. The van der Waals surface area contributed by atoms with E-state index in [1.807, 2.05) is 23.3 Å². The lowest BCUT2D eigenvalue weighted by molar-refractivity contribution is 0.0751. The maximum Gasteiger partial charge on any atom is 0.264 e. The minimum absolute atomic E-state index is 0.00873. The third kappa shape index (κ3) is 2.78. The second kappa shape index (κ2) is 6.14. The number of amides is 1. The Kier molecular flexibility index (Phi) is 3.97. The zero-order valence-corrected chi connectivity index (χ0v) is 14.8. The third-order valence-corrected chi connectivity index (χ3v) is 6.27. The summed E-state index contributed by atoms with van der Waals surface area (Å²) in [4.78, 5) is 21.9. The van der Waals surface area contributed by atoms with Gasteiger partial charge >= 0.3 is 0 Å². The van der Waals surface area contributed by atoms with Gasteiger partial charge in [0.1, 0.15) is 5.82 Å². The van der Waals surface area contributed by atoms with E-state index >= 15 is 0 Å². The summed E-state index contributed by atoms with van der Waals surface area (Å²) in [7, 11) is 0. The van der Waals surface area contributed by atoms with Crippen molar-refractivity contribution in [2.45, 2.75) is 6.92 Å². The number of rotatable bonds is 2. The van der Waals surface area contributed by atoms with Crippen LogP contribution in [0.1, 0.15) is 15.4 Å². The number of halogens is 1. The van der Waals surface area contributed by atoms with E-state index < -0.39 is 0 Å². The van der Waals surface area contributed by atoms with E-state index in [0.717, 1.165) is 28.6 Å². The summed E-state index contributed by atoms with van der Waals surface area (Å²) in [6.45, 7) is 4.86. The van der Waals surface area contributed by atoms with Crippen LogP contribution in [0.25, 0.3) is 10.1 Å². The van der Waals surface area contributed by atoms with Gasteiger partial charge in [-0.15, -0.1) is 22.7 Å². The molecule has 0 aliphatic carbocycles. The van der Waals surface area contributed by atoms with E-state index in [1.165, 1.54) is 17.4 Å². The molecule has 0 N–H and O–H groups in total. The number of hydrogen-bond acceptors (Lipinski definition) is 5. The van der Waals surface area contributed by atoms with Gasteiger partial charge in [0.15, 0.2) is 5.13 Å². The van der Waals surface area contributed by atoms with Crippen LogP contribution in [-0.4, -0.2) is 42.0 Å². The molecule has 1 amide bonds. The summed E-state index contributed by atoms with van der Waals surface area (Å²) >= 11 is 3.00. The number of thiazole rings is 1. The lowest BCUT2D eigenvalue weighted by atomic mass is 10.2. The molecule has 7 heteroatoms. The number of anilines is 1. The molecule has 2 aromatic heterocycles. The number of aromatic nitrogens is 1. The summed E-state index contributed by atoms with van der Waals surface area (Å²) in [6, 6.07) is 6.63. The molecule has 0 atom stereocenters. The SMILES string of the molecule is Cc1csc(N2CCN(C(=O)c3cc4c(F)cccc4s3)CC2)n1. The molecule has 24 heavy (non-hydrogen) atoms. The highest BCUT2D eigenvalue weighted by Gasteiger charge is 2.25. The molecular formula is C17H16FN3OS2.